The van der Waals surface area contributed by atoms with E-state index in [2.05, 4.69) is 35.9 Å². The van der Waals surface area contributed by atoms with E-state index in [1.54, 1.807) is 0 Å². The summed E-state index contributed by atoms with van der Waals surface area (Å²) in [5.74, 6) is 0. The molecule has 4 heteroatoms. The zero-order chi connectivity index (χ0) is 14.7. The van der Waals surface area contributed by atoms with E-state index in [-0.39, 0.29) is 6.04 Å². The molecule has 0 spiro atoms. The van der Waals surface area contributed by atoms with Crippen molar-refractivity contribution in [3.63, 3.8) is 0 Å². The summed E-state index contributed by atoms with van der Waals surface area (Å²) < 4.78 is 0. The Morgan fingerprint density at radius 1 is 1.50 bits per heavy atom. The molecule has 0 aromatic heterocycles. The molecule has 2 atom stereocenters. The summed E-state index contributed by atoms with van der Waals surface area (Å²) in [7, 11) is 2.12. The molecule has 112 valence electrons. The van der Waals surface area contributed by atoms with E-state index in [0.717, 1.165) is 29.4 Å². The second-order valence-corrected chi connectivity index (χ2v) is 6.21. The third kappa shape index (κ3) is 3.46. The molecular formula is C16H26ClN3. The van der Waals surface area contributed by atoms with E-state index in [1.165, 1.54) is 19.4 Å². The maximum absolute atomic E-state index is 6.41. The number of likely N-dealkylation sites (tertiary alicyclic amines) is 1. The molecule has 1 heterocycles. The molecule has 0 bridgehead atoms. The standard InChI is InChI=1S/C16H26ClN3/c1-4-20-9-5-6-14(20)11-19(3)16-8-7-13(12(2)18)10-15(16)17/h7-8,10,12,14H,4-6,9,11,18H2,1-3H3. The van der Waals surface area contributed by atoms with E-state index in [4.69, 9.17) is 17.3 Å². The van der Waals surface area contributed by atoms with Gasteiger partial charge in [-0.25, -0.2) is 0 Å². The van der Waals surface area contributed by atoms with Gasteiger partial charge in [-0.15, -0.1) is 0 Å². The Balaban J connectivity index is 2.07. The molecule has 0 aliphatic carbocycles. The highest BCUT2D eigenvalue weighted by Crippen LogP contribution is 2.29. The first-order chi connectivity index (χ1) is 9.52. The summed E-state index contributed by atoms with van der Waals surface area (Å²) in [6.45, 7) is 7.61. The fourth-order valence-electron chi connectivity index (χ4n) is 3.05. The summed E-state index contributed by atoms with van der Waals surface area (Å²) in [6.07, 6.45) is 2.59. The van der Waals surface area contributed by atoms with E-state index < -0.39 is 0 Å². The second kappa shape index (κ2) is 6.79. The first kappa shape index (κ1) is 15.6. The van der Waals surface area contributed by atoms with Crippen LogP contribution in [0.2, 0.25) is 5.02 Å². The molecule has 2 rings (SSSR count). The maximum atomic E-state index is 6.41. The van der Waals surface area contributed by atoms with Crippen LogP contribution in [0.5, 0.6) is 0 Å². The number of nitrogens with two attached hydrogens (primary N) is 1. The first-order valence-electron chi connectivity index (χ1n) is 7.53. The minimum Gasteiger partial charge on any atom is -0.372 e. The molecule has 2 unspecified atom stereocenters. The van der Waals surface area contributed by atoms with Gasteiger partial charge in [0.2, 0.25) is 0 Å². The van der Waals surface area contributed by atoms with Crippen LogP contribution < -0.4 is 10.6 Å². The van der Waals surface area contributed by atoms with Crippen molar-refractivity contribution in [2.24, 2.45) is 5.73 Å². The Bertz CT molecular complexity index is 447. The van der Waals surface area contributed by atoms with E-state index in [1.807, 2.05) is 13.0 Å². The summed E-state index contributed by atoms with van der Waals surface area (Å²) in [5.41, 5.74) is 8.08. The lowest BCUT2D eigenvalue weighted by atomic mass is 10.1. The van der Waals surface area contributed by atoms with Crippen molar-refractivity contribution < 1.29 is 0 Å². The topological polar surface area (TPSA) is 32.5 Å². The highest BCUT2D eigenvalue weighted by molar-refractivity contribution is 6.33. The van der Waals surface area contributed by atoms with E-state index in [9.17, 15) is 0 Å². The number of anilines is 1. The molecule has 20 heavy (non-hydrogen) atoms. The van der Waals surface area contributed by atoms with Crippen LogP contribution in [0, 0.1) is 0 Å². The Morgan fingerprint density at radius 3 is 2.85 bits per heavy atom. The van der Waals surface area contributed by atoms with Crippen LogP contribution in [0.3, 0.4) is 0 Å². The summed E-state index contributed by atoms with van der Waals surface area (Å²) in [6, 6.07) is 6.83. The third-order valence-corrected chi connectivity index (χ3v) is 4.60. The fourth-order valence-corrected chi connectivity index (χ4v) is 3.38. The van der Waals surface area contributed by atoms with Gasteiger partial charge in [-0.1, -0.05) is 24.6 Å². The van der Waals surface area contributed by atoms with Gasteiger partial charge in [-0.05, 0) is 50.6 Å². The van der Waals surface area contributed by atoms with Gasteiger partial charge in [0.15, 0.2) is 0 Å². The van der Waals surface area contributed by atoms with Gasteiger partial charge in [-0.2, -0.15) is 0 Å². The number of likely N-dealkylation sites (N-methyl/N-ethyl adjacent to an activating group) is 2. The normalized spacial score (nSPS) is 21.1. The minimum atomic E-state index is 0.0253. The predicted octanol–water partition coefficient (Wildman–Crippen LogP) is 3.28. The molecule has 0 saturated carbocycles. The third-order valence-electron chi connectivity index (χ3n) is 4.30. The number of hydrogen-bond acceptors (Lipinski definition) is 3. The fraction of sp³-hybridized carbons (Fsp3) is 0.625. The average Bonchev–Trinajstić information content (AvgIpc) is 2.85. The molecule has 1 aromatic carbocycles. The number of rotatable bonds is 5. The number of halogens is 1. The van der Waals surface area contributed by atoms with Crippen LogP contribution in [0.25, 0.3) is 0 Å². The molecule has 1 aromatic rings. The van der Waals surface area contributed by atoms with Gasteiger partial charge in [0.1, 0.15) is 0 Å². The zero-order valence-electron chi connectivity index (χ0n) is 12.8. The molecule has 0 amide bonds. The summed E-state index contributed by atoms with van der Waals surface area (Å²) >= 11 is 6.41. The number of hydrogen-bond donors (Lipinski definition) is 1. The number of nitrogens with zero attached hydrogens (tertiary/aromatic N) is 2. The predicted molar refractivity (Wildman–Crippen MR) is 87.6 cm³/mol. The van der Waals surface area contributed by atoms with Crippen LogP contribution in [-0.4, -0.2) is 37.6 Å². The smallest absolute Gasteiger partial charge is 0.0642 e. The lowest BCUT2D eigenvalue weighted by molar-refractivity contribution is 0.270. The number of benzene rings is 1. The van der Waals surface area contributed by atoms with Crippen molar-refractivity contribution in [2.45, 2.75) is 38.8 Å². The van der Waals surface area contributed by atoms with Crippen LogP contribution in [0.15, 0.2) is 18.2 Å². The Kier molecular flexibility index (Phi) is 5.30. The van der Waals surface area contributed by atoms with Gasteiger partial charge < -0.3 is 10.6 Å². The minimum absolute atomic E-state index is 0.0253. The summed E-state index contributed by atoms with van der Waals surface area (Å²) in [4.78, 5) is 4.83. The molecule has 1 aliphatic rings. The molecule has 0 radical (unpaired) electrons. The maximum Gasteiger partial charge on any atom is 0.0642 e. The van der Waals surface area contributed by atoms with Gasteiger partial charge in [0.25, 0.3) is 0 Å². The lowest BCUT2D eigenvalue weighted by Crippen LogP contribution is -2.38. The quantitative estimate of drug-likeness (QED) is 0.905. The summed E-state index contributed by atoms with van der Waals surface area (Å²) in [5, 5.41) is 0.795. The molecular weight excluding hydrogens is 270 g/mol. The van der Waals surface area contributed by atoms with Gasteiger partial charge in [0, 0.05) is 25.7 Å². The highest BCUT2D eigenvalue weighted by atomic mass is 35.5. The monoisotopic (exact) mass is 295 g/mol. The van der Waals surface area contributed by atoms with Crippen LogP contribution in [0.1, 0.15) is 38.3 Å². The highest BCUT2D eigenvalue weighted by Gasteiger charge is 2.24. The van der Waals surface area contributed by atoms with Crippen molar-refractivity contribution in [1.29, 1.82) is 0 Å². The lowest BCUT2D eigenvalue weighted by Gasteiger charge is -2.29. The second-order valence-electron chi connectivity index (χ2n) is 5.80. The van der Waals surface area contributed by atoms with Gasteiger partial charge >= 0.3 is 0 Å². The Morgan fingerprint density at radius 2 is 2.25 bits per heavy atom. The Hall–Kier alpha value is -0.770. The van der Waals surface area contributed by atoms with Crippen molar-refractivity contribution in [3.05, 3.63) is 28.8 Å². The SMILES string of the molecule is CCN1CCCC1CN(C)c1ccc(C(C)N)cc1Cl. The molecule has 1 aliphatic heterocycles. The van der Waals surface area contributed by atoms with E-state index >= 15 is 0 Å². The van der Waals surface area contributed by atoms with Crippen molar-refractivity contribution in [1.82, 2.24) is 4.90 Å². The van der Waals surface area contributed by atoms with Crippen LogP contribution >= 0.6 is 11.6 Å². The van der Waals surface area contributed by atoms with Crippen LogP contribution in [-0.2, 0) is 0 Å². The average molecular weight is 296 g/mol. The molecule has 1 saturated heterocycles. The van der Waals surface area contributed by atoms with E-state index in [0.29, 0.717) is 6.04 Å². The zero-order valence-corrected chi connectivity index (χ0v) is 13.5. The van der Waals surface area contributed by atoms with Gasteiger partial charge in [-0.3, -0.25) is 4.90 Å². The van der Waals surface area contributed by atoms with Crippen LogP contribution in [0.4, 0.5) is 5.69 Å². The molecule has 1 fully saturated rings. The first-order valence-corrected chi connectivity index (χ1v) is 7.91. The van der Waals surface area contributed by atoms with Gasteiger partial charge in [0.05, 0.1) is 10.7 Å². The van der Waals surface area contributed by atoms with Crippen molar-refractivity contribution >= 4 is 17.3 Å². The molecule has 2 N–H and O–H groups in total. The largest absolute Gasteiger partial charge is 0.372 e. The Labute approximate surface area is 127 Å². The van der Waals surface area contributed by atoms with Crippen molar-refractivity contribution in [2.75, 3.05) is 31.6 Å². The molecule has 3 nitrogen and oxygen atoms in total. The van der Waals surface area contributed by atoms with Crippen molar-refractivity contribution in [3.8, 4) is 0 Å².